The number of ether oxygens (including phenoxy) is 1. The van der Waals surface area contributed by atoms with E-state index in [-0.39, 0.29) is 11.5 Å². The van der Waals surface area contributed by atoms with E-state index in [1.807, 2.05) is 6.07 Å². The van der Waals surface area contributed by atoms with Crippen LogP contribution in [0.4, 0.5) is 0 Å². The molecule has 0 fully saturated rings. The third kappa shape index (κ3) is 2.56. The smallest absolute Gasteiger partial charge is 0.125 e. The average molecular weight is 220 g/mol. The van der Waals surface area contributed by atoms with E-state index in [1.54, 1.807) is 0 Å². The molecule has 2 heteroatoms. The van der Waals surface area contributed by atoms with Gasteiger partial charge in [0.05, 0.1) is 12.7 Å². The lowest BCUT2D eigenvalue weighted by Gasteiger charge is -2.24. The van der Waals surface area contributed by atoms with Gasteiger partial charge in [-0.3, -0.25) is 0 Å². The van der Waals surface area contributed by atoms with Crippen LogP contribution in [0.25, 0.3) is 0 Å². The molecule has 0 radical (unpaired) electrons. The van der Waals surface area contributed by atoms with Crippen LogP contribution in [-0.2, 0) is 6.42 Å². The van der Waals surface area contributed by atoms with Gasteiger partial charge in [0.2, 0.25) is 0 Å². The molecule has 1 N–H and O–H groups in total. The van der Waals surface area contributed by atoms with Gasteiger partial charge in [0.1, 0.15) is 5.75 Å². The van der Waals surface area contributed by atoms with Crippen molar-refractivity contribution in [1.82, 2.24) is 0 Å². The first kappa shape index (κ1) is 11.5. The molecule has 1 heterocycles. The quantitative estimate of drug-likeness (QED) is 0.788. The Morgan fingerprint density at radius 1 is 1.38 bits per heavy atom. The summed E-state index contributed by atoms with van der Waals surface area (Å²) in [5, 5.41) is 9.90. The first-order chi connectivity index (χ1) is 7.46. The molecule has 0 bridgehead atoms. The monoisotopic (exact) mass is 220 g/mol. The molecule has 0 saturated heterocycles. The summed E-state index contributed by atoms with van der Waals surface area (Å²) in [5.41, 5.74) is 2.50. The van der Waals surface area contributed by atoms with Crippen LogP contribution in [0.5, 0.6) is 5.75 Å². The molecule has 0 aromatic heterocycles. The number of benzene rings is 1. The molecule has 1 aromatic carbocycles. The molecule has 2 nitrogen and oxygen atoms in total. The lowest BCUT2D eigenvalue weighted by atomic mass is 9.87. The number of fused-ring (bicyclic) bond motifs is 1. The van der Waals surface area contributed by atoms with E-state index < -0.39 is 0 Å². The van der Waals surface area contributed by atoms with Gasteiger partial charge in [-0.2, -0.15) is 0 Å². The minimum Gasteiger partial charge on any atom is -0.493 e. The molecule has 1 aromatic rings. The molecule has 88 valence electrons. The van der Waals surface area contributed by atoms with Gasteiger partial charge < -0.3 is 9.84 Å². The van der Waals surface area contributed by atoms with Gasteiger partial charge in [-0.05, 0) is 29.5 Å². The summed E-state index contributed by atoms with van der Waals surface area (Å²) in [6.45, 7) is 7.28. The Morgan fingerprint density at radius 2 is 2.12 bits per heavy atom. The van der Waals surface area contributed by atoms with Gasteiger partial charge in [0.15, 0.2) is 0 Å². The molecule has 1 unspecified atom stereocenters. The number of rotatable bonds is 1. The van der Waals surface area contributed by atoms with Crippen molar-refractivity contribution >= 4 is 0 Å². The molecule has 1 atom stereocenters. The summed E-state index contributed by atoms with van der Waals surface area (Å²) in [4.78, 5) is 0. The molecule has 16 heavy (non-hydrogen) atoms. The zero-order chi connectivity index (χ0) is 11.8. The van der Waals surface area contributed by atoms with Crippen LogP contribution < -0.4 is 4.74 Å². The molecule has 0 amide bonds. The third-order valence-electron chi connectivity index (χ3n) is 2.82. The van der Waals surface area contributed by atoms with Gasteiger partial charge in [0.25, 0.3) is 0 Å². The molecule has 2 rings (SSSR count). The maximum atomic E-state index is 9.90. The lowest BCUT2D eigenvalue weighted by molar-refractivity contribution is 0.115. The van der Waals surface area contributed by atoms with Crippen molar-refractivity contribution in [3.05, 3.63) is 29.3 Å². The first-order valence-electron chi connectivity index (χ1n) is 5.89. The van der Waals surface area contributed by atoms with Crippen molar-refractivity contribution in [3.63, 3.8) is 0 Å². The minimum absolute atomic E-state index is 0.273. The van der Waals surface area contributed by atoms with Crippen molar-refractivity contribution in [1.29, 1.82) is 0 Å². The largest absolute Gasteiger partial charge is 0.493 e. The number of aliphatic hydroxyl groups is 1. The summed E-state index contributed by atoms with van der Waals surface area (Å²) in [6.07, 6.45) is 1.36. The summed E-state index contributed by atoms with van der Waals surface area (Å²) in [6, 6.07) is 6.17. The van der Waals surface area contributed by atoms with E-state index in [4.69, 9.17) is 4.74 Å². The Bertz CT molecular complexity index is 377. The van der Waals surface area contributed by atoms with E-state index >= 15 is 0 Å². The van der Waals surface area contributed by atoms with Crippen LogP contribution in [0, 0.1) is 5.41 Å². The fraction of sp³-hybridized carbons (Fsp3) is 0.571. The van der Waals surface area contributed by atoms with Gasteiger partial charge in [-0.25, -0.2) is 0 Å². The van der Waals surface area contributed by atoms with Crippen LogP contribution in [0.3, 0.4) is 0 Å². The van der Waals surface area contributed by atoms with Crippen molar-refractivity contribution in [2.75, 3.05) is 6.61 Å². The SMILES string of the molecule is CC(C)(C)Cc1ccc2c(c1)C(O)CCO2. The topological polar surface area (TPSA) is 29.5 Å². The molecule has 0 saturated carbocycles. The second-order valence-electron chi connectivity index (χ2n) is 5.76. The fourth-order valence-electron chi connectivity index (χ4n) is 2.15. The molecule has 1 aliphatic rings. The highest BCUT2D eigenvalue weighted by molar-refractivity contribution is 5.40. The first-order valence-corrected chi connectivity index (χ1v) is 5.89. The number of aliphatic hydroxyl groups excluding tert-OH is 1. The third-order valence-corrected chi connectivity index (χ3v) is 2.82. The van der Waals surface area contributed by atoms with Crippen LogP contribution in [0.15, 0.2) is 18.2 Å². The summed E-state index contributed by atoms with van der Waals surface area (Å²) in [5.74, 6) is 0.844. The Balaban J connectivity index is 2.27. The van der Waals surface area contributed by atoms with Gasteiger partial charge in [-0.1, -0.05) is 26.8 Å². The molecule has 0 aliphatic carbocycles. The van der Waals surface area contributed by atoms with E-state index in [9.17, 15) is 5.11 Å². The Kier molecular flexibility index (Phi) is 2.94. The molecular weight excluding hydrogens is 200 g/mol. The predicted molar refractivity (Wildman–Crippen MR) is 64.7 cm³/mol. The van der Waals surface area contributed by atoms with E-state index in [0.717, 1.165) is 17.7 Å². The Morgan fingerprint density at radius 3 is 2.81 bits per heavy atom. The average Bonchev–Trinajstić information content (AvgIpc) is 2.17. The number of hydrogen-bond donors (Lipinski definition) is 1. The maximum absolute atomic E-state index is 9.90. The highest BCUT2D eigenvalue weighted by atomic mass is 16.5. The zero-order valence-corrected chi connectivity index (χ0v) is 10.3. The zero-order valence-electron chi connectivity index (χ0n) is 10.3. The summed E-state index contributed by atoms with van der Waals surface area (Å²) < 4.78 is 5.52. The van der Waals surface area contributed by atoms with E-state index in [0.29, 0.717) is 13.0 Å². The van der Waals surface area contributed by atoms with Crippen molar-refractivity contribution in [2.45, 2.75) is 39.7 Å². The highest BCUT2D eigenvalue weighted by Crippen LogP contribution is 2.33. The lowest BCUT2D eigenvalue weighted by Crippen LogP contribution is -2.15. The second-order valence-corrected chi connectivity index (χ2v) is 5.76. The minimum atomic E-state index is -0.358. The molecule has 1 aliphatic heterocycles. The highest BCUT2D eigenvalue weighted by Gasteiger charge is 2.20. The van der Waals surface area contributed by atoms with Gasteiger partial charge in [0, 0.05) is 12.0 Å². The maximum Gasteiger partial charge on any atom is 0.125 e. The Hall–Kier alpha value is -1.02. The summed E-state index contributed by atoms with van der Waals surface area (Å²) in [7, 11) is 0. The standard InChI is InChI=1S/C14H20O2/c1-14(2,3)9-10-4-5-13-11(8-10)12(15)6-7-16-13/h4-5,8,12,15H,6-7,9H2,1-3H3. The molecule has 0 spiro atoms. The van der Waals surface area contributed by atoms with Crippen molar-refractivity contribution in [2.24, 2.45) is 5.41 Å². The predicted octanol–water partition coefficient (Wildman–Crippen LogP) is 3.09. The normalized spacial score (nSPS) is 20.1. The van der Waals surface area contributed by atoms with Gasteiger partial charge >= 0.3 is 0 Å². The van der Waals surface area contributed by atoms with Crippen molar-refractivity contribution in [3.8, 4) is 5.75 Å². The van der Waals surface area contributed by atoms with E-state index in [2.05, 4.69) is 32.9 Å². The van der Waals surface area contributed by atoms with E-state index in [1.165, 1.54) is 5.56 Å². The fourth-order valence-corrected chi connectivity index (χ4v) is 2.15. The van der Waals surface area contributed by atoms with Crippen LogP contribution in [0.2, 0.25) is 0 Å². The molecular formula is C14H20O2. The number of hydrogen-bond acceptors (Lipinski definition) is 2. The van der Waals surface area contributed by atoms with Crippen LogP contribution >= 0.6 is 0 Å². The van der Waals surface area contributed by atoms with Crippen molar-refractivity contribution < 1.29 is 9.84 Å². The van der Waals surface area contributed by atoms with Crippen LogP contribution in [0.1, 0.15) is 44.4 Å². The second kappa shape index (κ2) is 4.10. The Labute approximate surface area is 97.3 Å². The van der Waals surface area contributed by atoms with Gasteiger partial charge in [-0.15, -0.1) is 0 Å². The van der Waals surface area contributed by atoms with Crippen LogP contribution in [-0.4, -0.2) is 11.7 Å². The summed E-state index contributed by atoms with van der Waals surface area (Å²) >= 11 is 0.